The van der Waals surface area contributed by atoms with Crippen molar-refractivity contribution in [2.45, 2.75) is 6.92 Å². The minimum atomic E-state index is 0.0820. The zero-order valence-corrected chi connectivity index (χ0v) is 7.61. The molecule has 2 aromatic rings. The van der Waals surface area contributed by atoms with Gasteiger partial charge in [-0.25, -0.2) is 0 Å². The van der Waals surface area contributed by atoms with Gasteiger partial charge in [0.25, 0.3) is 0 Å². The summed E-state index contributed by atoms with van der Waals surface area (Å²) in [5.74, 6) is 0.0820. The van der Waals surface area contributed by atoms with Gasteiger partial charge >= 0.3 is 0 Å². The summed E-state index contributed by atoms with van der Waals surface area (Å²) in [5, 5.41) is 5.15. The van der Waals surface area contributed by atoms with Crippen LogP contribution in [0.3, 0.4) is 0 Å². The largest absolute Gasteiger partial charge is 0.294 e. The number of carbonyl (C=O) groups excluding carboxylic acids is 1. The van der Waals surface area contributed by atoms with E-state index < -0.39 is 0 Å². The van der Waals surface area contributed by atoms with E-state index in [1.165, 1.54) is 0 Å². The number of rotatable bonds is 1. The van der Waals surface area contributed by atoms with Crippen LogP contribution in [0.5, 0.6) is 0 Å². The van der Waals surface area contributed by atoms with Gasteiger partial charge in [-0.15, -0.1) is 0 Å². The Kier molecular flexibility index (Phi) is 1.65. The van der Waals surface area contributed by atoms with Crippen molar-refractivity contribution >= 4 is 16.7 Å². The summed E-state index contributed by atoms with van der Waals surface area (Å²) in [4.78, 5) is 11.2. The molecule has 13 heavy (non-hydrogen) atoms. The topological polar surface area (TPSA) is 34.9 Å². The molecule has 0 bridgehead atoms. The quantitative estimate of drug-likeness (QED) is 0.617. The lowest BCUT2D eigenvalue weighted by atomic mass is 10.1. The van der Waals surface area contributed by atoms with Gasteiger partial charge in [0.2, 0.25) is 0 Å². The number of aryl methyl sites for hydroxylation is 1. The number of aromatic nitrogens is 2. The highest BCUT2D eigenvalue weighted by Crippen LogP contribution is 2.17. The number of fused-ring (bicyclic) bond motifs is 1. The molecule has 66 valence electrons. The molecule has 0 fully saturated rings. The number of ketones is 1. The number of benzene rings is 1. The molecule has 3 nitrogen and oxygen atoms in total. The summed E-state index contributed by atoms with van der Waals surface area (Å²) in [6.45, 7) is 1.57. The molecule has 0 aliphatic heterocycles. The highest BCUT2D eigenvalue weighted by molar-refractivity contribution is 6.05. The molecule has 0 aliphatic carbocycles. The van der Waals surface area contributed by atoms with E-state index in [1.54, 1.807) is 11.6 Å². The van der Waals surface area contributed by atoms with E-state index in [4.69, 9.17) is 0 Å². The summed E-state index contributed by atoms with van der Waals surface area (Å²) in [6.07, 6.45) is 1.87. The fourth-order valence-electron chi connectivity index (χ4n) is 1.47. The fourth-order valence-corrected chi connectivity index (χ4v) is 1.47. The van der Waals surface area contributed by atoms with Crippen LogP contribution < -0.4 is 0 Å². The van der Waals surface area contributed by atoms with E-state index in [0.717, 1.165) is 16.5 Å². The zero-order chi connectivity index (χ0) is 9.42. The Morgan fingerprint density at radius 3 is 2.92 bits per heavy atom. The third-order valence-electron chi connectivity index (χ3n) is 2.04. The standard InChI is InChI=1S/C10H10N2O/c1-7(13)8-4-3-5-10-9(8)6-12(2)11-10/h3-6H,1-2H3. The molecule has 1 aromatic carbocycles. The van der Waals surface area contributed by atoms with Gasteiger partial charge in [-0.1, -0.05) is 12.1 Å². The molecule has 0 aliphatic rings. The van der Waals surface area contributed by atoms with Crippen LogP contribution >= 0.6 is 0 Å². The lowest BCUT2D eigenvalue weighted by Gasteiger charge is -1.94. The van der Waals surface area contributed by atoms with Crippen molar-refractivity contribution in [1.29, 1.82) is 0 Å². The molecular weight excluding hydrogens is 164 g/mol. The number of carbonyl (C=O) groups is 1. The van der Waals surface area contributed by atoms with Crippen LogP contribution in [0, 0.1) is 0 Å². The van der Waals surface area contributed by atoms with Crippen molar-refractivity contribution in [1.82, 2.24) is 9.78 Å². The Balaban J connectivity index is 2.82. The number of hydrogen-bond donors (Lipinski definition) is 0. The van der Waals surface area contributed by atoms with E-state index >= 15 is 0 Å². The van der Waals surface area contributed by atoms with Gasteiger partial charge in [-0.2, -0.15) is 5.10 Å². The Morgan fingerprint density at radius 2 is 2.23 bits per heavy atom. The Labute approximate surface area is 76.0 Å². The van der Waals surface area contributed by atoms with Crippen molar-refractivity contribution in [3.8, 4) is 0 Å². The fraction of sp³-hybridized carbons (Fsp3) is 0.200. The van der Waals surface area contributed by atoms with Gasteiger partial charge in [0, 0.05) is 24.2 Å². The predicted octanol–water partition coefficient (Wildman–Crippen LogP) is 1.78. The average Bonchev–Trinajstić information content (AvgIpc) is 2.43. The first-order valence-electron chi connectivity index (χ1n) is 4.12. The molecule has 0 saturated carbocycles. The number of nitrogens with zero attached hydrogens (tertiary/aromatic N) is 2. The molecule has 3 heteroatoms. The molecule has 0 N–H and O–H groups in total. The lowest BCUT2D eigenvalue weighted by molar-refractivity contribution is 0.101. The van der Waals surface area contributed by atoms with Crippen LogP contribution in [0.15, 0.2) is 24.4 Å². The van der Waals surface area contributed by atoms with Crippen molar-refractivity contribution in [2.75, 3.05) is 0 Å². The number of hydrogen-bond acceptors (Lipinski definition) is 2. The minimum Gasteiger partial charge on any atom is -0.294 e. The molecule has 0 amide bonds. The van der Waals surface area contributed by atoms with Crippen molar-refractivity contribution < 1.29 is 4.79 Å². The normalized spacial score (nSPS) is 10.6. The average molecular weight is 174 g/mol. The predicted molar refractivity (Wildman–Crippen MR) is 50.7 cm³/mol. The summed E-state index contributed by atoms with van der Waals surface area (Å²) >= 11 is 0. The molecule has 0 saturated heterocycles. The second-order valence-corrected chi connectivity index (χ2v) is 3.10. The Hall–Kier alpha value is -1.64. The van der Waals surface area contributed by atoms with Gasteiger partial charge < -0.3 is 0 Å². The van der Waals surface area contributed by atoms with Crippen LogP contribution in [0.4, 0.5) is 0 Å². The van der Waals surface area contributed by atoms with Gasteiger partial charge in [0.05, 0.1) is 5.52 Å². The van der Waals surface area contributed by atoms with Crippen LogP contribution in [0.1, 0.15) is 17.3 Å². The molecule has 0 spiro atoms. The summed E-state index contributed by atoms with van der Waals surface area (Å²) in [5.41, 5.74) is 1.61. The highest BCUT2D eigenvalue weighted by Gasteiger charge is 2.06. The van der Waals surface area contributed by atoms with Crippen LogP contribution in [0.25, 0.3) is 10.9 Å². The van der Waals surface area contributed by atoms with E-state index in [9.17, 15) is 4.79 Å². The van der Waals surface area contributed by atoms with Gasteiger partial charge in [0.1, 0.15) is 0 Å². The Morgan fingerprint density at radius 1 is 1.46 bits per heavy atom. The van der Waals surface area contributed by atoms with Crippen LogP contribution in [0.2, 0.25) is 0 Å². The molecule has 1 aromatic heterocycles. The third-order valence-corrected chi connectivity index (χ3v) is 2.04. The lowest BCUT2D eigenvalue weighted by Crippen LogP contribution is -1.91. The van der Waals surface area contributed by atoms with E-state index in [2.05, 4.69) is 5.10 Å². The highest BCUT2D eigenvalue weighted by atomic mass is 16.1. The van der Waals surface area contributed by atoms with E-state index in [-0.39, 0.29) is 5.78 Å². The smallest absolute Gasteiger partial charge is 0.160 e. The van der Waals surface area contributed by atoms with Crippen molar-refractivity contribution in [3.63, 3.8) is 0 Å². The SMILES string of the molecule is CC(=O)c1cccc2nn(C)cc12. The summed E-state index contributed by atoms with van der Waals surface area (Å²) in [7, 11) is 1.85. The monoisotopic (exact) mass is 174 g/mol. The zero-order valence-electron chi connectivity index (χ0n) is 7.61. The molecule has 0 radical (unpaired) electrons. The maximum atomic E-state index is 11.2. The van der Waals surface area contributed by atoms with Crippen LogP contribution in [-0.4, -0.2) is 15.6 Å². The van der Waals surface area contributed by atoms with Gasteiger partial charge in [-0.05, 0) is 13.0 Å². The van der Waals surface area contributed by atoms with E-state index in [0.29, 0.717) is 0 Å². The minimum absolute atomic E-state index is 0.0820. The molecule has 0 atom stereocenters. The first-order valence-corrected chi connectivity index (χ1v) is 4.12. The van der Waals surface area contributed by atoms with E-state index in [1.807, 2.05) is 31.4 Å². The van der Waals surface area contributed by atoms with Gasteiger partial charge in [0.15, 0.2) is 5.78 Å². The van der Waals surface area contributed by atoms with Crippen molar-refractivity contribution in [3.05, 3.63) is 30.0 Å². The molecular formula is C10H10N2O. The van der Waals surface area contributed by atoms with Crippen LogP contribution in [-0.2, 0) is 7.05 Å². The third kappa shape index (κ3) is 1.22. The maximum absolute atomic E-state index is 11.2. The first kappa shape index (κ1) is 7.98. The van der Waals surface area contributed by atoms with Gasteiger partial charge in [-0.3, -0.25) is 9.48 Å². The molecule has 2 rings (SSSR count). The summed E-state index contributed by atoms with van der Waals surface area (Å²) < 4.78 is 1.72. The second-order valence-electron chi connectivity index (χ2n) is 3.10. The Bertz CT molecular complexity index is 471. The summed E-state index contributed by atoms with van der Waals surface area (Å²) in [6, 6.07) is 5.58. The van der Waals surface area contributed by atoms with Crippen molar-refractivity contribution in [2.24, 2.45) is 7.05 Å². The molecule has 0 unspecified atom stereocenters. The first-order chi connectivity index (χ1) is 6.18. The second kappa shape index (κ2) is 2.69. The maximum Gasteiger partial charge on any atom is 0.160 e. The number of Topliss-reactive ketones (excluding diaryl/α,β-unsaturated/α-hetero) is 1. The molecule has 1 heterocycles.